The van der Waals surface area contributed by atoms with Crippen molar-refractivity contribution >= 4 is 17.0 Å². The van der Waals surface area contributed by atoms with Gasteiger partial charge in [0.15, 0.2) is 6.19 Å². The number of rotatable bonds is 6. The quantitative estimate of drug-likeness (QED) is 0.428. The molecular formula is C21H24N2O2S. The van der Waals surface area contributed by atoms with Crippen LogP contribution in [0.1, 0.15) is 44.1 Å². The Balaban J connectivity index is 1.74. The van der Waals surface area contributed by atoms with Crippen molar-refractivity contribution < 1.29 is 8.76 Å². The molecule has 0 saturated heterocycles. The Bertz CT molecular complexity index is 792. The number of hydrogen-bond donors (Lipinski definition) is 1. The van der Waals surface area contributed by atoms with Gasteiger partial charge in [0.25, 0.3) is 11.3 Å². The van der Waals surface area contributed by atoms with E-state index >= 15 is 0 Å². The third-order valence-electron chi connectivity index (χ3n) is 5.20. The summed E-state index contributed by atoms with van der Waals surface area (Å²) in [6.07, 6.45) is 11.0. The maximum atomic E-state index is 11.4. The number of nitrogens with zero attached hydrogens (tertiary/aromatic N) is 2. The number of anilines is 1. The molecular weight excluding hydrogens is 344 g/mol. The fourth-order valence-electron chi connectivity index (χ4n) is 3.77. The van der Waals surface area contributed by atoms with E-state index in [2.05, 4.69) is 12.1 Å². The van der Waals surface area contributed by atoms with E-state index in [1.54, 1.807) is 18.3 Å². The van der Waals surface area contributed by atoms with Crippen LogP contribution in [0.4, 0.5) is 5.69 Å². The molecule has 2 aromatic carbocycles. The number of hydrogen-bond acceptors (Lipinski definition) is 2. The van der Waals surface area contributed by atoms with Crippen LogP contribution in [-0.2, 0) is 17.7 Å². The molecule has 1 aliphatic rings. The lowest BCUT2D eigenvalue weighted by Gasteiger charge is -2.21. The molecule has 0 radical (unpaired) electrons. The maximum Gasteiger partial charge on any atom is 0.275 e. The third-order valence-corrected chi connectivity index (χ3v) is 5.79. The molecule has 3 rings (SSSR count). The van der Waals surface area contributed by atoms with Crippen LogP contribution < -0.4 is 4.31 Å². The minimum atomic E-state index is -2.38. The van der Waals surface area contributed by atoms with Gasteiger partial charge in [0.1, 0.15) is 0 Å². The van der Waals surface area contributed by atoms with E-state index in [9.17, 15) is 14.0 Å². The SMILES string of the molecule is N#CN(c1ccccc1-c1ccc(CCC2CCCCC2)cc1)S(=O)O. The Labute approximate surface area is 157 Å². The Morgan fingerprint density at radius 2 is 1.77 bits per heavy atom. The first-order valence-corrected chi connectivity index (χ1v) is 10.2. The van der Waals surface area contributed by atoms with Crippen molar-refractivity contribution in [2.45, 2.75) is 44.9 Å². The highest BCUT2D eigenvalue weighted by Gasteiger charge is 2.17. The van der Waals surface area contributed by atoms with Gasteiger partial charge in [0.05, 0.1) is 5.69 Å². The monoisotopic (exact) mass is 368 g/mol. The van der Waals surface area contributed by atoms with Gasteiger partial charge in [-0.15, -0.1) is 0 Å². The topological polar surface area (TPSA) is 64.3 Å². The molecule has 1 aliphatic carbocycles. The second kappa shape index (κ2) is 8.98. The average molecular weight is 369 g/mol. The molecule has 1 saturated carbocycles. The second-order valence-corrected chi connectivity index (χ2v) is 7.71. The Hall–Kier alpha value is -2.16. The lowest BCUT2D eigenvalue weighted by Crippen LogP contribution is -2.19. The molecule has 0 heterocycles. The van der Waals surface area contributed by atoms with Gasteiger partial charge in [-0.05, 0) is 36.0 Å². The molecule has 0 aromatic heterocycles. The van der Waals surface area contributed by atoms with Crippen molar-refractivity contribution in [3.63, 3.8) is 0 Å². The normalized spacial score (nSPS) is 16.0. The van der Waals surface area contributed by atoms with E-state index in [0.29, 0.717) is 5.69 Å². The lowest BCUT2D eigenvalue weighted by molar-refractivity contribution is 0.339. The summed E-state index contributed by atoms with van der Waals surface area (Å²) in [5.41, 5.74) is 3.47. The van der Waals surface area contributed by atoms with Crippen molar-refractivity contribution in [1.82, 2.24) is 0 Å². The van der Waals surface area contributed by atoms with Crippen LogP contribution in [0.2, 0.25) is 0 Å². The van der Waals surface area contributed by atoms with Crippen molar-refractivity contribution in [2.75, 3.05) is 4.31 Å². The Kier molecular flexibility index (Phi) is 6.43. The number of nitriles is 1. The molecule has 0 bridgehead atoms. The third kappa shape index (κ3) is 4.51. The highest BCUT2D eigenvalue weighted by atomic mass is 32.2. The summed E-state index contributed by atoms with van der Waals surface area (Å²) in [5, 5.41) is 9.18. The molecule has 26 heavy (non-hydrogen) atoms. The van der Waals surface area contributed by atoms with Gasteiger partial charge < -0.3 is 0 Å². The first-order chi connectivity index (χ1) is 12.7. The zero-order valence-corrected chi connectivity index (χ0v) is 15.6. The van der Waals surface area contributed by atoms with Gasteiger partial charge in [-0.25, -0.2) is 4.21 Å². The molecule has 2 aromatic rings. The van der Waals surface area contributed by atoms with Crippen LogP contribution in [0.25, 0.3) is 11.1 Å². The highest BCUT2D eigenvalue weighted by molar-refractivity contribution is 7.81. The zero-order chi connectivity index (χ0) is 18.4. The molecule has 0 spiro atoms. The van der Waals surface area contributed by atoms with Crippen molar-refractivity contribution in [2.24, 2.45) is 5.92 Å². The van der Waals surface area contributed by atoms with Crippen LogP contribution in [0.5, 0.6) is 0 Å². The van der Waals surface area contributed by atoms with E-state index in [1.165, 1.54) is 44.1 Å². The van der Waals surface area contributed by atoms with Crippen LogP contribution >= 0.6 is 0 Å². The first-order valence-electron chi connectivity index (χ1n) is 9.18. The van der Waals surface area contributed by atoms with Crippen molar-refractivity contribution in [3.05, 3.63) is 54.1 Å². The minimum absolute atomic E-state index is 0.436. The highest BCUT2D eigenvalue weighted by Crippen LogP contribution is 2.32. The minimum Gasteiger partial charge on any atom is -0.288 e. The van der Waals surface area contributed by atoms with E-state index in [1.807, 2.05) is 24.3 Å². The summed E-state index contributed by atoms with van der Waals surface area (Å²) in [4.78, 5) is 0. The largest absolute Gasteiger partial charge is 0.288 e. The van der Waals surface area contributed by atoms with E-state index < -0.39 is 11.3 Å². The smallest absolute Gasteiger partial charge is 0.275 e. The fourth-order valence-corrected chi connectivity index (χ4v) is 4.16. The van der Waals surface area contributed by atoms with Gasteiger partial charge in [0, 0.05) is 5.56 Å². The molecule has 5 heteroatoms. The molecule has 0 amide bonds. The number of benzene rings is 2. The standard InChI is InChI=1S/C21H24N2O2S/c22-16-23(26(24)25)21-9-5-4-8-20(21)19-14-12-18(13-15-19)11-10-17-6-2-1-3-7-17/h4-5,8-9,12-15,17H,1-3,6-7,10-11H2,(H,24,25). The molecule has 1 atom stereocenters. The summed E-state index contributed by atoms with van der Waals surface area (Å²) in [6, 6.07) is 15.5. The number of aryl methyl sites for hydroxylation is 1. The average Bonchev–Trinajstić information content (AvgIpc) is 2.68. The van der Waals surface area contributed by atoms with E-state index in [-0.39, 0.29) is 0 Å². The van der Waals surface area contributed by atoms with E-state index in [4.69, 9.17) is 0 Å². The van der Waals surface area contributed by atoms with Gasteiger partial charge >= 0.3 is 0 Å². The number of para-hydroxylation sites is 1. The second-order valence-electron chi connectivity index (χ2n) is 6.88. The van der Waals surface area contributed by atoms with E-state index in [0.717, 1.165) is 27.8 Å². The summed E-state index contributed by atoms with van der Waals surface area (Å²) in [5.74, 6) is 0.868. The molecule has 0 aliphatic heterocycles. The summed E-state index contributed by atoms with van der Waals surface area (Å²) in [6.45, 7) is 0. The Morgan fingerprint density at radius 1 is 1.08 bits per heavy atom. The maximum absolute atomic E-state index is 11.4. The van der Waals surface area contributed by atoms with Crippen LogP contribution in [0.3, 0.4) is 0 Å². The summed E-state index contributed by atoms with van der Waals surface area (Å²) in [7, 11) is 0. The van der Waals surface area contributed by atoms with Crippen molar-refractivity contribution in [1.29, 1.82) is 5.26 Å². The zero-order valence-electron chi connectivity index (χ0n) is 14.8. The van der Waals surface area contributed by atoms with Gasteiger partial charge in [-0.3, -0.25) is 4.55 Å². The summed E-state index contributed by atoms with van der Waals surface area (Å²) >= 11 is -2.38. The van der Waals surface area contributed by atoms with Crippen LogP contribution in [0, 0.1) is 17.4 Å². The predicted octanol–water partition coefficient (Wildman–Crippen LogP) is 5.29. The molecule has 136 valence electrons. The fraction of sp³-hybridized carbons (Fsp3) is 0.381. The molecule has 1 unspecified atom stereocenters. The van der Waals surface area contributed by atoms with Crippen molar-refractivity contribution in [3.8, 4) is 17.3 Å². The predicted molar refractivity (Wildman–Crippen MR) is 106 cm³/mol. The lowest BCUT2D eigenvalue weighted by atomic mass is 9.85. The molecule has 1 N–H and O–H groups in total. The molecule has 1 fully saturated rings. The van der Waals surface area contributed by atoms with Gasteiger partial charge in [-0.2, -0.15) is 9.57 Å². The summed E-state index contributed by atoms with van der Waals surface area (Å²) < 4.78 is 21.6. The van der Waals surface area contributed by atoms with Crippen LogP contribution in [-0.4, -0.2) is 8.76 Å². The van der Waals surface area contributed by atoms with Gasteiger partial charge in [-0.1, -0.05) is 74.6 Å². The first kappa shape index (κ1) is 18.6. The molecule has 4 nitrogen and oxygen atoms in total. The Morgan fingerprint density at radius 3 is 2.42 bits per heavy atom. The van der Waals surface area contributed by atoms with Gasteiger partial charge in [0.2, 0.25) is 0 Å². The van der Waals surface area contributed by atoms with Crippen LogP contribution in [0.15, 0.2) is 48.5 Å².